The van der Waals surface area contributed by atoms with Crippen molar-refractivity contribution in [2.24, 2.45) is 10.9 Å². The SMILES string of the molecule is CCC1=NC2c3nc(CC)ccc3C=CC2C(c2ccc(-c3nc4c(-c5ccccc5)cc(-c5ccccc5)cn4n3)cc2)=C1. The van der Waals surface area contributed by atoms with Crippen molar-refractivity contribution >= 4 is 23.0 Å². The molecule has 5 nitrogen and oxygen atoms in total. The summed E-state index contributed by atoms with van der Waals surface area (Å²) in [6, 6.07) is 36.1. The molecule has 0 radical (unpaired) electrons. The Hall–Kier alpha value is -5.42. The number of dihydropyridines is 1. The Bertz CT molecular complexity index is 2120. The minimum Gasteiger partial charge on any atom is -0.279 e. The quantitative estimate of drug-likeness (QED) is 0.196. The number of hydrogen-bond acceptors (Lipinski definition) is 4. The van der Waals surface area contributed by atoms with Crippen molar-refractivity contribution in [2.45, 2.75) is 32.7 Å². The van der Waals surface area contributed by atoms with Crippen molar-refractivity contribution in [3.63, 3.8) is 0 Å². The highest BCUT2D eigenvalue weighted by Gasteiger charge is 2.33. The van der Waals surface area contributed by atoms with Gasteiger partial charge in [0.2, 0.25) is 0 Å². The molecule has 5 heteroatoms. The zero-order valence-electron chi connectivity index (χ0n) is 25.4. The Balaban J connectivity index is 1.17. The molecule has 0 saturated heterocycles. The number of hydrogen-bond donors (Lipinski definition) is 0. The molecule has 8 rings (SSSR count). The first-order chi connectivity index (χ1) is 22.2. The molecule has 0 spiro atoms. The Kier molecular flexibility index (Phi) is 6.79. The van der Waals surface area contributed by atoms with Gasteiger partial charge in [-0.2, -0.15) is 0 Å². The molecule has 45 heavy (non-hydrogen) atoms. The smallest absolute Gasteiger partial charge is 0.182 e. The van der Waals surface area contributed by atoms with Gasteiger partial charge in [-0.15, -0.1) is 5.10 Å². The molecule has 0 amide bonds. The number of aryl methyl sites for hydroxylation is 1. The van der Waals surface area contributed by atoms with Gasteiger partial charge >= 0.3 is 0 Å². The van der Waals surface area contributed by atoms with Crippen LogP contribution in [-0.2, 0) is 6.42 Å². The summed E-state index contributed by atoms with van der Waals surface area (Å²) in [5, 5.41) is 4.98. The van der Waals surface area contributed by atoms with Gasteiger partial charge in [0, 0.05) is 40.2 Å². The topological polar surface area (TPSA) is 55.4 Å². The van der Waals surface area contributed by atoms with Gasteiger partial charge in [0.1, 0.15) is 6.04 Å². The van der Waals surface area contributed by atoms with Crippen molar-refractivity contribution in [1.29, 1.82) is 0 Å². The molecule has 2 atom stereocenters. The van der Waals surface area contributed by atoms with Crippen molar-refractivity contribution in [1.82, 2.24) is 19.6 Å². The predicted molar refractivity (Wildman–Crippen MR) is 184 cm³/mol. The second kappa shape index (κ2) is 11.3. The average molecular weight is 584 g/mol. The zero-order chi connectivity index (χ0) is 30.3. The standard InChI is InChI=1S/C40H33N5/c1-3-32-21-19-29-20-22-34-35(24-33(4-2)42-38(34)37(29)41-32)28-15-17-30(18-16-28)39-43-40-36(27-13-9-6-10-14-27)23-31(25-45(40)44-39)26-11-7-5-8-12-26/h5-25,34,38H,3-4H2,1-2H3. The van der Waals surface area contributed by atoms with E-state index in [2.05, 4.69) is 129 Å². The molecule has 3 aromatic heterocycles. The van der Waals surface area contributed by atoms with E-state index in [1.165, 1.54) is 16.7 Å². The summed E-state index contributed by atoms with van der Waals surface area (Å²) in [4.78, 5) is 15.3. The van der Waals surface area contributed by atoms with Crippen LogP contribution >= 0.6 is 0 Å². The third-order valence-electron chi connectivity index (χ3n) is 8.93. The summed E-state index contributed by atoms with van der Waals surface area (Å²) in [6.07, 6.45) is 10.7. The van der Waals surface area contributed by atoms with E-state index in [1.54, 1.807) is 0 Å². The molecule has 2 aliphatic rings. The number of fused-ring (bicyclic) bond motifs is 4. The molecule has 6 aromatic rings. The van der Waals surface area contributed by atoms with E-state index >= 15 is 0 Å². The second-order valence-corrected chi connectivity index (χ2v) is 11.7. The normalized spacial score (nSPS) is 17.0. The molecule has 1 aliphatic heterocycles. The first-order valence-corrected chi connectivity index (χ1v) is 15.8. The summed E-state index contributed by atoms with van der Waals surface area (Å²) in [7, 11) is 0. The number of rotatable bonds is 6. The van der Waals surface area contributed by atoms with E-state index in [9.17, 15) is 0 Å². The Morgan fingerprint density at radius 2 is 1.42 bits per heavy atom. The van der Waals surface area contributed by atoms with Crippen LogP contribution in [0, 0.1) is 5.92 Å². The van der Waals surface area contributed by atoms with Crippen LogP contribution in [-0.4, -0.2) is 25.3 Å². The van der Waals surface area contributed by atoms with E-state index in [-0.39, 0.29) is 12.0 Å². The highest BCUT2D eigenvalue weighted by atomic mass is 15.3. The van der Waals surface area contributed by atoms with Crippen LogP contribution in [0.2, 0.25) is 0 Å². The number of aliphatic imine (C=N–C) groups is 1. The van der Waals surface area contributed by atoms with E-state index in [4.69, 9.17) is 20.1 Å². The lowest BCUT2D eigenvalue weighted by Gasteiger charge is -2.32. The van der Waals surface area contributed by atoms with Crippen LogP contribution in [0.4, 0.5) is 0 Å². The molecule has 218 valence electrons. The minimum atomic E-state index is 0.00134. The number of benzene rings is 3. The van der Waals surface area contributed by atoms with Crippen LogP contribution in [0.5, 0.6) is 0 Å². The van der Waals surface area contributed by atoms with Crippen LogP contribution in [0.1, 0.15) is 48.8 Å². The summed E-state index contributed by atoms with van der Waals surface area (Å²) in [5.74, 6) is 0.856. The predicted octanol–water partition coefficient (Wildman–Crippen LogP) is 9.32. The maximum Gasteiger partial charge on any atom is 0.182 e. The fourth-order valence-electron chi connectivity index (χ4n) is 6.50. The van der Waals surface area contributed by atoms with E-state index in [1.807, 2.05) is 16.6 Å². The molecule has 0 fully saturated rings. The summed E-state index contributed by atoms with van der Waals surface area (Å²) in [5.41, 5.74) is 13.2. The molecular weight excluding hydrogens is 550 g/mol. The van der Waals surface area contributed by atoms with Gasteiger partial charge in [0.25, 0.3) is 0 Å². The fourth-order valence-corrected chi connectivity index (χ4v) is 6.50. The van der Waals surface area contributed by atoms with Crippen LogP contribution in [0.15, 0.2) is 126 Å². The third-order valence-corrected chi connectivity index (χ3v) is 8.93. The monoisotopic (exact) mass is 583 g/mol. The summed E-state index contributed by atoms with van der Waals surface area (Å²) >= 11 is 0. The van der Waals surface area contributed by atoms with Gasteiger partial charge < -0.3 is 0 Å². The molecule has 0 bridgehead atoms. The maximum absolute atomic E-state index is 5.17. The number of allylic oxidation sites excluding steroid dienone is 1. The lowest BCUT2D eigenvalue weighted by Crippen LogP contribution is -2.22. The molecule has 1 aliphatic carbocycles. The highest BCUT2D eigenvalue weighted by Crippen LogP contribution is 2.44. The Morgan fingerprint density at radius 3 is 2.16 bits per heavy atom. The maximum atomic E-state index is 5.17. The molecule has 4 heterocycles. The largest absolute Gasteiger partial charge is 0.279 e. The van der Waals surface area contributed by atoms with Crippen LogP contribution in [0.3, 0.4) is 0 Å². The highest BCUT2D eigenvalue weighted by molar-refractivity contribution is 6.03. The van der Waals surface area contributed by atoms with E-state index in [0.717, 1.165) is 63.4 Å². The second-order valence-electron chi connectivity index (χ2n) is 11.7. The lowest BCUT2D eigenvalue weighted by atomic mass is 9.78. The number of aromatic nitrogens is 4. The van der Waals surface area contributed by atoms with Gasteiger partial charge in [-0.3, -0.25) is 9.98 Å². The lowest BCUT2D eigenvalue weighted by molar-refractivity contribution is 0.599. The Labute approximate surface area is 263 Å². The fraction of sp³-hybridized carbons (Fsp3) is 0.150. The van der Waals surface area contributed by atoms with Gasteiger partial charge in [-0.1, -0.05) is 117 Å². The van der Waals surface area contributed by atoms with Gasteiger partial charge in [-0.05, 0) is 58.9 Å². The van der Waals surface area contributed by atoms with Gasteiger partial charge in [0.15, 0.2) is 11.5 Å². The zero-order valence-corrected chi connectivity index (χ0v) is 25.4. The summed E-state index contributed by atoms with van der Waals surface area (Å²) in [6.45, 7) is 4.33. The minimum absolute atomic E-state index is 0.00134. The van der Waals surface area contributed by atoms with Crippen molar-refractivity contribution in [3.8, 4) is 33.6 Å². The molecule has 2 unspecified atom stereocenters. The molecule has 0 N–H and O–H groups in total. The van der Waals surface area contributed by atoms with E-state index in [0.29, 0.717) is 5.82 Å². The molecule has 0 saturated carbocycles. The van der Waals surface area contributed by atoms with E-state index < -0.39 is 0 Å². The number of nitrogens with zero attached hydrogens (tertiary/aromatic N) is 5. The van der Waals surface area contributed by atoms with Crippen molar-refractivity contribution in [3.05, 3.63) is 144 Å². The first kappa shape index (κ1) is 27.2. The summed E-state index contributed by atoms with van der Waals surface area (Å²) < 4.78 is 1.92. The molecule has 3 aromatic carbocycles. The average Bonchev–Trinajstić information content (AvgIpc) is 3.55. The van der Waals surface area contributed by atoms with Crippen LogP contribution < -0.4 is 0 Å². The van der Waals surface area contributed by atoms with Crippen molar-refractivity contribution < 1.29 is 0 Å². The molecular formula is C40H33N5. The van der Waals surface area contributed by atoms with Crippen LogP contribution in [0.25, 0.3) is 50.9 Å². The number of pyridine rings is 2. The Morgan fingerprint density at radius 1 is 0.689 bits per heavy atom. The van der Waals surface area contributed by atoms with Crippen molar-refractivity contribution in [2.75, 3.05) is 0 Å². The third kappa shape index (κ3) is 4.91. The van der Waals surface area contributed by atoms with Gasteiger partial charge in [-0.25, -0.2) is 9.50 Å². The first-order valence-electron chi connectivity index (χ1n) is 15.8. The van der Waals surface area contributed by atoms with Gasteiger partial charge in [0.05, 0.1) is 5.69 Å².